The van der Waals surface area contributed by atoms with Crippen LogP contribution in [-0.4, -0.2) is 38.3 Å². The predicted molar refractivity (Wildman–Crippen MR) is 73.5 cm³/mol. The third-order valence-corrected chi connectivity index (χ3v) is 2.34. The zero-order chi connectivity index (χ0) is 14.6. The molecule has 0 spiro atoms. The van der Waals surface area contributed by atoms with Crippen molar-refractivity contribution < 1.29 is 9.53 Å². The second kappa shape index (κ2) is 5.68. The molecule has 1 N–H and O–H groups in total. The normalized spacial score (nSPS) is 11.2. The number of anilines is 1. The topological polar surface area (TPSA) is 81.9 Å². The number of nitrogens with one attached hydrogen (secondary N) is 1. The molecule has 0 saturated heterocycles. The maximum atomic E-state index is 11.6. The van der Waals surface area contributed by atoms with Crippen LogP contribution in [-0.2, 0) is 9.53 Å². The van der Waals surface area contributed by atoms with E-state index in [0.717, 1.165) is 11.4 Å². The summed E-state index contributed by atoms with van der Waals surface area (Å²) < 4.78 is 6.76. The summed E-state index contributed by atoms with van der Waals surface area (Å²) in [6, 6.07) is 7.41. The summed E-state index contributed by atoms with van der Waals surface area (Å²) in [5.41, 5.74) is 1.20. The molecule has 20 heavy (non-hydrogen) atoms. The first-order valence-electron chi connectivity index (χ1n) is 6.23. The molecule has 0 bridgehead atoms. The van der Waals surface area contributed by atoms with Gasteiger partial charge in [0.15, 0.2) is 0 Å². The second-order valence-electron chi connectivity index (χ2n) is 5.24. The molecule has 7 nitrogen and oxygen atoms in total. The van der Waals surface area contributed by atoms with Gasteiger partial charge in [-0.25, -0.2) is 4.68 Å². The van der Waals surface area contributed by atoms with E-state index < -0.39 is 5.60 Å². The standard InChI is InChI=1S/C13H17N5O2/c1-13(2,3)20-12(19)8-14-10-4-6-11(7-5-10)18-9-15-16-17-18/h4-7,9,14H,8H2,1-3H3. The number of rotatable bonds is 4. The molecule has 0 fully saturated rings. The van der Waals surface area contributed by atoms with E-state index in [4.69, 9.17) is 4.74 Å². The molecule has 0 amide bonds. The lowest BCUT2D eigenvalue weighted by molar-refractivity contribution is -0.152. The molecule has 0 aliphatic heterocycles. The van der Waals surface area contributed by atoms with Gasteiger partial charge in [0.2, 0.25) is 0 Å². The summed E-state index contributed by atoms with van der Waals surface area (Å²) in [6.07, 6.45) is 1.52. The first-order valence-corrected chi connectivity index (χ1v) is 6.23. The molecule has 0 atom stereocenters. The van der Waals surface area contributed by atoms with E-state index >= 15 is 0 Å². The van der Waals surface area contributed by atoms with Crippen molar-refractivity contribution in [3.8, 4) is 5.69 Å². The minimum Gasteiger partial charge on any atom is -0.459 e. The maximum Gasteiger partial charge on any atom is 0.325 e. The fourth-order valence-electron chi connectivity index (χ4n) is 1.56. The van der Waals surface area contributed by atoms with Crippen molar-refractivity contribution in [2.45, 2.75) is 26.4 Å². The van der Waals surface area contributed by atoms with Crippen LogP contribution in [0.1, 0.15) is 20.8 Å². The van der Waals surface area contributed by atoms with Gasteiger partial charge in [0.25, 0.3) is 0 Å². The van der Waals surface area contributed by atoms with Crippen molar-refractivity contribution >= 4 is 11.7 Å². The van der Waals surface area contributed by atoms with Crippen LogP contribution >= 0.6 is 0 Å². The molecule has 0 saturated carbocycles. The van der Waals surface area contributed by atoms with Crippen LogP contribution in [0.5, 0.6) is 0 Å². The van der Waals surface area contributed by atoms with Gasteiger partial charge in [-0.2, -0.15) is 0 Å². The molecule has 0 unspecified atom stereocenters. The molecular weight excluding hydrogens is 258 g/mol. The van der Waals surface area contributed by atoms with Gasteiger partial charge in [0.1, 0.15) is 18.5 Å². The van der Waals surface area contributed by atoms with Crippen LogP contribution in [0.25, 0.3) is 5.69 Å². The van der Waals surface area contributed by atoms with E-state index in [9.17, 15) is 4.79 Å². The molecule has 0 aliphatic carbocycles. The first-order chi connectivity index (χ1) is 9.44. The highest BCUT2D eigenvalue weighted by Gasteiger charge is 2.15. The number of aromatic nitrogens is 4. The average Bonchev–Trinajstić information content (AvgIpc) is 2.89. The largest absolute Gasteiger partial charge is 0.459 e. The van der Waals surface area contributed by atoms with Gasteiger partial charge in [-0.3, -0.25) is 4.79 Å². The van der Waals surface area contributed by atoms with Gasteiger partial charge in [-0.15, -0.1) is 5.10 Å². The van der Waals surface area contributed by atoms with E-state index in [1.165, 1.54) is 6.33 Å². The number of tetrazole rings is 1. The zero-order valence-electron chi connectivity index (χ0n) is 11.7. The Balaban J connectivity index is 1.90. The second-order valence-corrected chi connectivity index (χ2v) is 5.24. The van der Waals surface area contributed by atoms with Crippen LogP contribution in [0.3, 0.4) is 0 Å². The molecule has 1 heterocycles. The summed E-state index contributed by atoms with van der Waals surface area (Å²) >= 11 is 0. The van der Waals surface area contributed by atoms with Crippen molar-refractivity contribution in [1.29, 1.82) is 0 Å². The van der Waals surface area contributed by atoms with E-state index in [2.05, 4.69) is 20.8 Å². The average molecular weight is 275 g/mol. The number of esters is 1. The quantitative estimate of drug-likeness (QED) is 0.850. The molecule has 0 aliphatic rings. The summed E-state index contributed by atoms with van der Waals surface area (Å²) in [6.45, 7) is 5.64. The Bertz CT molecular complexity index is 557. The fraction of sp³-hybridized carbons (Fsp3) is 0.385. The molecule has 2 rings (SSSR count). The van der Waals surface area contributed by atoms with Gasteiger partial charge >= 0.3 is 5.97 Å². The number of nitrogens with zero attached hydrogens (tertiary/aromatic N) is 4. The Morgan fingerprint density at radius 2 is 2.00 bits per heavy atom. The van der Waals surface area contributed by atoms with Crippen LogP contribution in [0, 0.1) is 0 Å². The maximum absolute atomic E-state index is 11.6. The Labute approximate surface area is 116 Å². The molecular formula is C13H17N5O2. The Kier molecular flexibility index (Phi) is 3.97. The first kappa shape index (κ1) is 14.0. The van der Waals surface area contributed by atoms with Crippen LogP contribution < -0.4 is 5.32 Å². The number of carbonyl (C=O) groups excluding carboxylic acids is 1. The zero-order valence-corrected chi connectivity index (χ0v) is 11.7. The van der Waals surface area contributed by atoms with Gasteiger partial charge in [0.05, 0.1) is 5.69 Å². The van der Waals surface area contributed by atoms with Crippen molar-refractivity contribution in [2.24, 2.45) is 0 Å². The van der Waals surface area contributed by atoms with E-state index in [1.807, 2.05) is 45.0 Å². The highest BCUT2D eigenvalue weighted by Crippen LogP contribution is 2.12. The van der Waals surface area contributed by atoms with Crippen molar-refractivity contribution in [2.75, 3.05) is 11.9 Å². The summed E-state index contributed by atoms with van der Waals surface area (Å²) in [5.74, 6) is -0.290. The van der Waals surface area contributed by atoms with Crippen molar-refractivity contribution in [1.82, 2.24) is 20.2 Å². The molecule has 7 heteroatoms. The summed E-state index contributed by atoms with van der Waals surface area (Å²) in [7, 11) is 0. The monoisotopic (exact) mass is 275 g/mol. The minimum absolute atomic E-state index is 0.126. The summed E-state index contributed by atoms with van der Waals surface area (Å²) in [5, 5.41) is 13.9. The highest BCUT2D eigenvalue weighted by molar-refractivity contribution is 5.75. The van der Waals surface area contributed by atoms with E-state index in [0.29, 0.717) is 0 Å². The number of ether oxygens (including phenoxy) is 1. The van der Waals surface area contributed by atoms with Gasteiger partial charge in [-0.1, -0.05) is 0 Å². The van der Waals surface area contributed by atoms with Crippen LogP contribution in [0.4, 0.5) is 5.69 Å². The van der Waals surface area contributed by atoms with Gasteiger partial charge < -0.3 is 10.1 Å². The third-order valence-electron chi connectivity index (χ3n) is 2.34. The summed E-state index contributed by atoms with van der Waals surface area (Å²) in [4.78, 5) is 11.6. The van der Waals surface area contributed by atoms with E-state index in [1.54, 1.807) is 4.68 Å². The van der Waals surface area contributed by atoms with Gasteiger partial charge in [-0.05, 0) is 55.5 Å². The fourth-order valence-corrected chi connectivity index (χ4v) is 1.56. The Hall–Kier alpha value is -2.44. The molecule has 2 aromatic rings. The van der Waals surface area contributed by atoms with Gasteiger partial charge in [0, 0.05) is 5.69 Å². The van der Waals surface area contributed by atoms with Crippen LogP contribution in [0.15, 0.2) is 30.6 Å². The number of carbonyl (C=O) groups is 1. The molecule has 1 aromatic carbocycles. The molecule has 106 valence electrons. The van der Waals surface area contributed by atoms with E-state index in [-0.39, 0.29) is 12.5 Å². The van der Waals surface area contributed by atoms with Crippen molar-refractivity contribution in [3.63, 3.8) is 0 Å². The smallest absolute Gasteiger partial charge is 0.325 e. The third kappa shape index (κ3) is 4.04. The van der Waals surface area contributed by atoms with Crippen molar-refractivity contribution in [3.05, 3.63) is 30.6 Å². The lowest BCUT2D eigenvalue weighted by Crippen LogP contribution is -2.28. The lowest BCUT2D eigenvalue weighted by atomic mass is 10.2. The predicted octanol–water partition coefficient (Wildman–Crippen LogP) is 1.42. The lowest BCUT2D eigenvalue weighted by Gasteiger charge is -2.19. The highest BCUT2D eigenvalue weighted by atomic mass is 16.6. The SMILES string of the molecule is CC(C)(C)OC(=O)CNc1ccc(-n2cnnn2)cc1. The number of hydrogen-bond acceptors (Lipinski definition) is 6. The Morgan fingerprint density at radius 1 is 1.30 bits per heavy atom. The number of hydrogen-bond donors (Lipinski definition) is 1. The molecule has 0 radical (unpaired) electrons. The van der Waals surface area contributed by atoms with Crippen LogP contribution in [0.2, 0.25) is 0 Å². The molecule has 1 aromatic heterocycles. The Morgan fingerprint density at radius 3 is 2.55 bits per heavy atom. The minimum atomic E-state index is -0.470. The number of benzene rings is 1.